The molecule has 1 aromatic heterocycles. The SMILES string of the molecule is NC(=S)C1(C(=O)N2CCc3sccc3C2)CC1. The molecule has 90 valence electrons. The second-order valence-electron chi connectivity index (χ2n) is 4.79. The molecule has 5 heteroatoms. The quantitative estimate of drug-likeness (QED) is 0.829. The van der Waals surface area contributed by atoms with Crippen LogP contribution in [-0.2, 0) is 17.8 Å². The Morgan fingerprint density at radius 2 is 2.29 bits per heavy atom. The predicted molar refractivity (Wildman–Crippen MR) is 71.9 cm³/mol. The predicted octanol–water partition coefficient (Wildman–Crippen LogP) is 1.70. The number of hydrogen-bond acceptors (Lipinski definition) is 3. The lowest BCUT2D eigenvalue weighted by atomic mass is 10.0. The van der Waals surface area contributed by atoms with Gasteiger partial charge < -0.3 is 10.6 Å². The van der Waals surface area contributed by atoms with E-state index in [1.807, 2.05) is 4.90 Å². The van der Waals surface area contributed by atoms with Crippen LogP contribution in [0, 0.1) is 5.41 Å². The van der Waals surface area contributed by atoms with E-state index < -0.39 is 5.41 Å². The highest BCUT2D eigenvalue weighted by molar-refractivity contribution is 7.80. The van der Waals surface area contributed by atoms with Crippen LogP contribution in [0.25, 0.3) is 0 Å². The monoisotopic (exact) mass is 266 g/mol. The second-order valence-corrected chi connectivity index (χ2v) is 6.23. The van der Waals surface area contributed by atoms with Crippen molar-refractivity contribution >= 4 is 34.5 Å². The maximum absolute atomic E-state index is 12.4. The van der Waals surface area contributed by atoms with Crippen LogP contribution in [0.4, 0.5) is 0 Å². The molecular formula is C12H14N2OS2. The number of fused-ring (bicyclic) bond motifs is 1. The maximum atomic E-state index is 12.4. The molecule has 1 aliphatic carbocycles. The summed E-state index contributed by atoms with van der Waals surface area (Å²) in [5, 5.41) is 2.10. The molecule has 1 aromatic rings. The van der Waals surface area contributed by atoms with Gasteiger partial charge in [-0.15, -0.1) is 11.3 Å². The zero-order valence-corrected chi connectivity index (χ0v) is 11.1. The van der Waals surface area contributed by atoms with Crippen molar-refractivity contribution in [2.45, 2.75) is 25.8 Å². The van der Waals surface area contributed by atoms with Gasteiger partial charge in [0.2, 0.25) is 5.91 Å². The van der Waals surface area contributed by atoms with Crippen molar-refractivity contribution in [1.82, 2.24) is 4.90 Å². The minimum absolute atomic E-state index is 0.141. The molecule has 0 aromatic carbocycles. The van der Waals surface area contributed by atoms with Gasteiger partial charge >= 0.3 is 0 Å². The molecule has 1 fully saturated rings. The van der Waals surface area contributed by atoms with Gasteiger partial charge in [0.05, 0.1) is 10.4 Å². The first-order valence-corrected chi connectivity index (χ1v) is 7.07. The third kappa shape index (κ3) is 1.68. The molecule has 1 saturated carbocycles. The van der Waals surface area contributed by atoms with Gasteiger partial charge in [0.15, 0.2) is 0 Å². The first-order chi connectivity index (χ1) is 8.13. The molecule has 2 heterocycles. The lowest BCUT2D eigenvalue weighted by Crippen LogP contribution is -2.44. The van der Waals surface area contributed by atoms with Crippen LogP contribution in [0.3, 0.4) is 0 Å². The fourth-order valence-electron chi connectivity index (χ4n) is 2.42. The largest absolute Gasteiger partial charge is 0.392 e. The summed E-state index contributed by atoms with van der Waals surface area (Å²) in [7, 11) is 0. The Morgan fingerprint density at radius 3 is 2.94 bits per heavy atom. The van der Waals surface area contributed by atoms with Gasteiger partial charge in [0.25, 0.3) is 0 Å². The van der Waals surface area contributed by atoms with Crippen LogP contribution < -0.4 is 5.73 Å². The maximum Gasteiger partial charge on any atom is 0.235 e. The summed E-state index contributed by atoms with van der Waals surface area (Å²) < 4.78 is 0. The molecule has 17 heavy (non-hydrogen) atoms. The summed E-state index contributed by atoms with van der Waals surface area (Å²) >= 11 is 6.81. The molecule has 0 unspecified atom stereocenters. The zero-order chi connectivity index (χ0) is 12.0. The average molecular weight is 266 g/mol. The molecule has 1 amide bonds. The summed E-state index contributed by atoms with van der Waals surface area (Å²) in [6.45, 7) is 1.53. The Kier molecular flexibility index (Phi) is 2.48. The Bertz CT molecular complexity index is 490. The average Bonchev–Trinajstić information content (AvgIpc) is 3.00. The second kappa shape index (κ2) is 3.78. The van der Waals surface area contributed by atoms with Gasteiger partial charge in [-0.1, -0.05) is 12.2 Å². The summed E-state index contributed by atoms with van der Waals surface area (Å²) in [5.41, 5.74) is 6.49. The molecule has 2 N–H and O–H groups in total. The fraction of sp³-hybridized carbons (Fsp3) is 0.500. The van der Waals surface area contributed by atoms with Crippen molar-refractivity contribution in [3.05, 3.63) is 21.9 Å². The highest BCUT2D eigenvalue weighted by Crippen LogP contribution is 2.48. The number of carbonyl (C=O) groups excluding carboxylic acids is 1. The topological polar surface area (TPSA) is 46.3 Å². The molecule has 3 rings (SSSR count). The third-order valence-corrected chi connectivity index (χ3v) is 5.14. The van der Waals surface area contributed by atoms with Gasteiger partial charge in [-0.3, -0.25) is 4.79 Å². The van der Waals surface area contributed by atoms with Crippen molar-refractivity contribution in [2.75, 3.05) is 6.54 Å². The number of nitrogens with zero attached hydrogens (tertiary/aromatic N) is 1. The van der Waals surface area contributed by atoms with E-state index in [2.05, 4.69) is 11.4 Å². The van der Waals surface area contributed by atoms with E-state index in [-0.39, 0.29) is 5.91 Å². The molecule has 0 radical (unpaired) electrons. The van der Waals surface area contributed by atoms with Gasteiger partial charge in [-0.25, -0.2) is 0 Å². The normalized spacial score (nSPS) is 20.8. The fourth-order valence-corrected chi connectivity index (χ4v) is 3.60. The molecule has 0 spiro atoms. The van der Waals surface area contributed by atoms with Crippen LogP contribution in [0.5, 0.6) is 0 Å². The molecule has 0 atom stereocenters. The molecular weight excluding hydrogens is 252 g/mol. The molecule has 0 bridgehead atoms. The number of thiocarbonyl (C=S) groups is 1. The van der Waals surface area contributed by atoms with Crippen molar-refractivity contribution in [3.63, 3.8) is 0 Å². The van der Waals surface area contributed by atoms with Gasteiger partial charge in [-0.05, 0) is 36.3 Å². The zero-order valence-electron chi connectivity index (χ0n) is 9.44. The lowest BCUT2D eigenvalue weighted by Gasteiger charge is -2.30. The van der Waals surface area contributed by atoms with Gasteiger partial charge in [0, 0.05) is 18.0 Å². The van der Waals surface area contributed by atoms with Crippen LogP contribution in [0.2, 0.25) is 0 Å². The standard InChI is InChI=1S/C12H14N2OS2/c13-10(16)12(3-4-12)11(15)14-5-1-9-8(7-14)2-6-17-9/h2,6H,1,3-5,7H2,(H2,13,16). The molecule has 3 nitrogen and oxygen atoms in total. The van der Waals surface area contributed by atoms with Crippen molar-refractivity contribution < 1.29 is 4.79 Å². The molecule has 0 saturated heterocycles. The van der Waals surface area contributed by atoms with Gasteiger partial charge in [0.1, 0.15) is 0 Å². The van der Waals surface area contributed by atoms with Crippen LogP contribution >= 0.6 is 23.6 Å². The van der Waals surface area contributed by atoms with Crippen molar-refractivity contribution in [1.29, 1.82) is 0 Å². The summed E-state index contributed by atoms with van der Waals surface area (Å²) in [6, 6.07) is 2.11. The minimum Gasteiger partial charge on any atom is -0.392 e. The number of rotatable bonds is 2. The Labute approximate surface area is 110 Å². The molecule has 1 aliphatic heterocycles. The Hall–Kier alpha value is -0.940. The first-order valence-electron chi connectivity index (χ1n) is 5.78. The number of thiophene rings is 1. The minimum atomic E-state index is -0.497. The Morgan fingerprint density at radius 1 is 1.53 bits per heavy atom. The number of hydrogen-bond donors (Lipinski definition) is 1. The number of nitrogens with two attached hydrogens (primary N) is 1. The van der Waals surface area contributed by atoms with Crippen molar-refractivity contribution in [2.24, 2.45) is 11.1 Å². The molecule has 2 aliphatic rings. The van der Waals surface area contributed by atoms with E-state index in [9.17, 15) is 4.79 Å². The summed E-state index contributed by atoms with van der Waals surface area (Å²) in [6.07, 6.45) is 2.62. The van der Waals surface area contributed by atoms with Crippen LogP contribution in [0.15, 0.2) is 11.4 Å². The van der Waals surface area contributed by atoms with E-state index >= 15 is 0 Å². The third-order valence-electron chi connectivity index (χ3n) is 3.73. The van der Waals surface area contributed by atoms with E-state index in [1.54, 1.807) is 11.3 Å². The van der Waals surface area contributed by atoms with E-state index in [0.29, 0.717) is 4.99 Å². The first kappa shape index (κ1) is 11.2. The highest BCUT2D eigenvalue weighted by Gasteiger charge is 2.54. The smallest absolute Gasteiger partial charge is 0.235 e. The summed E-state index contributed by atoms with van der Waals surface area (Å²) in [4.78, 5) is 16.1. The van der Waals surface area contributed by atoms with Crippen molar-refractivity contribution in [3.8, 4) is 0 Å². The van der Waals surface area contributed by atoms with Crippen LogP contribution in [-0.4, -0.2) is 22.3 Å². The lowest BCUT2D eigenvalue weighted by molar-refractivity contribution is -0.135. The number of amides is 1. The van der Waals surface area contributed by atoms with E-state index in [4.69, 9.17) is 18.0 Å². The summed E-state index contributed by atoms with van der Waals surface area (Å²) in [5.74, 6) is 0.141. The number of carbonyl (C=O) groups is 1. The van der Waals surface area contributed by atoms with Crippen LogP contribution in [0.1, 0.15) is 23.3 Å². The van der Waals surface area contributed by atoms with E-state index in [0.717, 1.165) is 32.4 Å². The highest BCUT2D eigenvalue weighted by atomic mass is 32.1. The van der Waals surface area contributed by atoms with E-state index in [1.165, 1.54) is 10.4 Å². The Balaban J connectivity index is 1.79. The van der Waals surface area contributed by atoms with Gasteiger partial charge in [-0.2, -0.15) is 0 Å².